The third-order valence-electron chi connectivity index (χ3n) is 4.02. The lowest BCUT2D eigenvalue weighted by Gasteiger charge is -2.20. The summed E-state index contributed by atoms with van der Waals surface area (Å²) >= 11 is 0. The molecule has 1 N–H and O–H groups in total. The van der Waals surface area contributed by atoms with Crippen molar-refractivity contribution in [2.45, 2.75) is 39.3 Å². The summed E-state index contributed by atoms with van der Waals surface area (Å²) in [5, 5.41) is 8.60. The SMILES string of the molecule is CCNc1nc(CN2CCCC2C)nc2c1cnn2C. The first-order valence-corrected chi connectivity index (χ1v) is 7.35. The maximum atomic E-state index is 4.68. The first-order chi connectivity index (χ1) is 9.69. The van der Waals surface area contributed by atoms with Crippen LogP contribution >= 0.6 is 0 Å². The van der Waals surface area contributed by atoms with E-state index < -0.39 is 0 Å². The van der Waals surface area contributed by atoms with Crippen LogP contribution in [0.25, 0.3) is 11.0 Å². The molecule has 1 atom stereocenters. The number of nitrogens with one attached hydrogen (secondary N) is 1. The average molecular weight is 274 g/mol. The van der Waals surface area contributed by atoms with Gasteiger partial charge in [0.15, 0.2) is 5.65 Å². The summed E-state index contributed by atoms with van der Waals surface area (Å²) in [5.41, 5.74) is 0.901. The average Bonchev–Trinajstić information content (AvgIpc) is 2.99. The van der Waals surface area contributed by atoms with Gasteiger partial charge >= 0.3 is 0 Å². The third kappa shape index (κ3) is 2.35. The fourth-order valence-corrected chi connectivity index (χ4v) is 2.85. The Hall–Kier alpha value is -1.69. The highest BCUT2D eigenvalue weighted by atomic mass is 15.3. The summed E-state index contributed by atoms with van der Waals surface area (Å²) < 4.78 is 1.81. The van der Waals surface area contributed by atoms with Crippen LogP contribution in [0.2, 0.25) is 0 Å². The molecular weight excluding hydrogens is 252 g/mol. The van der Waals surface area contributed by atoms with Crippen molar-refractivity contribution in [3.63, 3.8) is 0 Å². The lowest BCUT2D eigenvalue weighted by Crippen LogP contribution is -2.27. The molecule has 3 heterocycles. The molecule has 0 radical (unpaired) electrons. The summed E-state index contributed by atoms with van der Waals surface area (Å²) in [4.78, 5) is 11.8. The number of hydrogen-bond donors (Lipinski definition) is 1. The van der Waals surface area contributed by atoms with Crippen LogP contribution in [-0.4, -0.2) is 43.8 Å². The molecule has 3 rings (SSSR count). The van der Waals surface area contributed by atoms with Gasteiger partial charge in [0.05, 0.1) is 18.1 Å². The summed E-state index contributed by atoms with van der Waals surface area (Å²) in [6.45, 7) is 7.17. The van der Waals surface area contributed by atoms with Gasteiger partial charge in [-0.25, -0.2) is 9.97 Å². The smallest absolute Gasteiger partial charge is 0.163 e. The van der Waals surface area contributed by atoms with E-state index in [0.717, 1.165) is 42.3 Å². The summed E-state index contributed by atoms with van der Waals surface area (Å²) in [7, 11) is 1.92. The Balaban J connectivity index is 1.95. The lowest BCUT2D eigenvalue weighted by molar-refractivity contribution is 0.254. The van der Waals surface area contributed by atoms with Gasteiger partial charge in [0.25, 0.3) is 0 Å². The van der Waals surface area contributed by atoms with Crippen LogP contribution in [0.5, 0.6) is 0 Å². The molecule has 1 fully saturated rings. The molecule has 6 nitrogen and oxygen atoms in total. The van der Waals surface area contributed by atoms with Crippen LogP contribution < -0.4 is 5.32 Å². The molecule has 0 aliphatic carbocycles. The van der Waals surface area contributed by atoms with Crippen LogP contribution in [0, 0.1) is 0 Å². The van der Waals surface area contributed by atoms with Crippen molar-refractivity contribution in [1.29, 1.82) is 0 Å². The molecule has 20 heavy (non-hydrogen) atoms. The second-order valence-electron chi connectivity index (χ2n) is 5.49. The van der Waals surface area contributed by atoms with Crippen molar-refractivity contribution >= 4 is 16.9 Å². The van der Waals surface area contributed by atoms with E-state index in [9.17, 15) is 0 Å². The topological polar surface area (TPSA) is 58.9 Å². The minimum absolute atomic E-state index is 0.628. The predicted molar refractivity (Wildman–Crippen MR) is 79.6 cm³/mol. The Morgan fingerprint density at radius 3 is 2.95 bits per heavy atom. The number of nitrogens with zero attached hydrogens (tertiary/aromatic N) is 5. The number of aromatic nitrogens is 4. The maximum Gasteiger partial charge on any atom is 0.163 e. The molecule has 0 spiro atoms. The summed E-state index contributed by atoms with van der Waals surface area (Å²) in [5.74, 6) is 1.78. The Bertz CT molecular complexity index is 605. The monoisotopic (exact) mass is 274 g/mol. The second-order valence-corrected chi connectivity index (χ2v) is 5.49. The van der Waals surface area contributed by atoms with Gasteiger partial charge in [-0.1, -0.05) is 0 Å². The molecule has 0 saturated carbocycles. The number of aryl methyl sites for hydroxylation is 1. The quantitative estimate of drug-likeness (QED) is 0.921. The molecule has 0 aromatic carbocycles. The molecule has 1 aliphatic heterocycles. The van der Waals surface area contributed by atoms with E-state index in [1.807, 2.05) is 17.9 Å². The van der Waals surface area contributed by atoms with Gasteiger partial charge in [-0.2, -0.15) is 5.10 Å². The normalized spacial score (nSPS) is 19.9. The number of hydrogen-bond acceptors (Lipinski definition) is 5. The van der Waals surface area contributed by atoms with Gasteiger partial charge in [0, 0.05) is 19.6 Å². The first kappa shape index (κ1) is 13.3. The van der Waals surface area contributed by atoms with Crippen LogP contribution in [0.15, 0.2) is 6.20 Å². The third-order valence-corrected chi connectivity index (χ3v) is 4.02. The largest absolute Gasteiger partial charge is 0.370 e. The fraction of sp³-hybridized carbons (Fsp3) is 0.643. The van der Waals surface area contributed by atoms with Crippen molar-refractivity contribution in [3.05, 3.63) is 12.0 Å². The van der Waals surface area contributed by atoms with Crippen molar-refractivity contribution in [1.82, 2.24) is 24.6 Å². The van der Waals surface area contributed by atoms with Gasteiger partial charge in [0.1, 0.15) is 11.6 Å². The zero-order valence-corrected chi connectivity index (χ0v) is 12.4. The van der Waals surface area contributed by atoms with E-state index in [0.29, 0.717) is 6.04 Å². The first-order valence-electron chi connectivity index (χ1n) is 7.35. The molecule has 0 amide bonds. The predicted octanol–water partition coefficient (Wildman–Crippen LogP) is 1.78. The van der Waals surface area contributed by atoms with E-state index in [-0.39, 0.29) is 0 Å². The zero-order valence-electron chi connectivity index (χ0n) is 12.4. The van der Waals surface area contributed by atoms with E-state index in [4.69, 9.17) is 0 Å². The fourth-order valence-electron chi connectivity index (χ4n) is 2.85. The number of rotatable bonds is 4. The molecule has 2 aromatic rings. The van der Waals surface area contributed by atoms with Crippen LogP contribution in [-0.2, 0) is 13.6 Å². The number of likely N-dealkylation sites (tertiary alicyclic amines) is 1. The van der Waals surface area contributed by atoms with E-state index in [1.54, 1.807) is 0 Å². The standard InChI is InChI=1S/C14H22N6/c1-4-15-13-11-8-16-19(3)14(11)18-12(17-13)9-20-7-5-6-10(20)2/h8,10H,4-7,9H2,1-3H3,(H,15,17,18). The maximum absolute atomic E-state index is 4.68. The summed E-state index contributed by atoms with van der Waals surface area (Å²) in [6.07, 6.45) is 4.37. The van der Waals surface area contributed by atoms with E-state index in [1.165, 1.54) is 12.8 Å². The molecule has 1 saturated heterocycles. The number of fused-ring (bicyclic) bond motifs is 1. The van der Waals surface area contributed by atoms with E-state index in [2.05, 4.69) is 39.1 Å². The van der Waals surface area contributed by atoms with Crippen molar-refractivity contribution in [2.24, 2.45) is 7.05 Å². The van der Waals surface area contributed by atoms with Crippen molar-refractivity contribution in [3.8, 4) is 0 Å². The number of anilines is 1. The highest BCUT2D eigenvalue weighted by Crippen LogP contribution is 2.22. The molecule has 108 valence electrons. The van der Waals surface area contributed by atoms with Crippen LogP contribution in [0.1, 0.15) is 32.5 Å². The van der Waals surface area contributed by atoms with Crippen LogP contribution in [0.4, 0.5) is 5.82 Å². The Kier molecular flexibility index (Phi) is 3.56. The Morgan fingerprint density at radius 2 is 2.25 bits per heavy atom. The van der Waals surface area contributed by atoms with Crippen molar-refractivity contribution in [2.75, 3.05) is 18.4 Å². The molecule has 1 unspecified atom stereocenters. The Morgan fingerprint density at radius 1 is 1.40 bits per heavy atom. The highest BCUT2D eigenvalue weighted by Gasteiger charge is 2.22. The highest BCUT2D eigenvalue weighted by molar-refractivity contribution is 5.86. The molecule has 6 heteroatoms. The van der Waals surface area contributed by atoms with Gasteiger partial charge in [0.2, 0.25) is 0 Å². The van der Waals surface area contributed by atoms with Gasteiger partial charge in [-0.15, -0.1) is 0 Å². The van der Waals surface area contributed by atoms with Gasteiger partial charge < -0.3 is 5.32 Å². The van der Waals surface area contributed by atoms with E-state index >= 15 is 0 Å². The van der Waals surface area contributed by atoms with Gasteiger partial charge in [-0.3, -0.25) is 9.58 Å². The molecule has 2 aromatic heterocycles. The molecular formula is C14H22N6. The molecule has 0 bridgehead atoms. The van der Waals surface area contributed by atoms with Crippen LogP contribution in [0.3, 0.4) is 0 Å². The minimum Gasteiger partial charge on any atom is -0.370 e. The van der Waals surface area contributed by atoms with Crippen molar-refractivity contribution < 1.29 is 0 Å². The van der Waals surface area contributed by atoms with Gasteiger partial charge in [-0.05, 0) is 33.2 Å². The minimum atomic E-state index is 0.628. The lowest BCUT2D eigenvalue weighted by atomic mass is 10.2. The molecule has 1 aliphatic rings. The second kappa shape index (κ2) is 5.36. The summed E-state index contributed by atoms with van der Waals surface area (Å²) in [6, 6.07) is 0.628. The Labute approximate surface area is 119 Å². The zero-order chi connectivity index (χ0) is 14.1.